The lowest BCUT2D eigenvalue weighted by atomic mass is 10.3. The number of furan rings is 1. The van der Waals surface area contributed by atoms with Crippen LogP contribution >= 0.6 is 11.8 Å². The van der Waals surface area contributed by atoms with E-state index < -0.39 is 0 Å². The highest BCUT2D eigenvalue weighted by Gasteiger charge is 2.14. The van der Waals surface area contributed by atoms with E-state index in [1.54, 1.807) is 47.3 Å². The molecule has 0 unspecified atom stereocenters. The maximum atomic E-state index is 9.35. The zero-order chi connectivity index (χ0) is 16.4. The first-order valence-corrected chi connectivity index (χ1v) is 7.85. The quantitative estimate of drug-likeness (QED) is 0.545. The van der Waals surface area contributed by atoms with Crippen LogP contribution in [0.3, 0.4) is 0 Å². The second kappa shape index (κ2) is 6.16. The predicted octanol–water partition coefficient (Wildman–Crippen LogP) is 2.30. The Morgan fingerprint density at radius 2 is 2.04 bits per heavy atom. The van der Waals surface area contributed by atoms with Crippen LogP contribution in [0.25, 0.3) is 17.3 Å². The van der Waals surface area contributed by atoms with Gasteiger partial charge in [0.15, 0.2) is 5.76 Å². The second-order valence-corrected chi connectivity index (χ2v) is 5.61. The maximum Gasteiger partial charge on any atom is 0.238 e. The monoisotopic (exact) mass is 342 g/mol. The van der Waals surface area contributed by atoms with Gasteiger partial charge in [0.1, 0.15) is 5.75 Å². The lowest BCUT2D eigenvalue weighted by Gasteiger charge is -2.02. The molecule has 0 spiro atoms. The number of hydrogen-bond acceptors (Lipinski definition) is 9. The van der Waals surface area contributed by atoms with E-state index >= 15 is 0 Å². The molecule has 0 aliphatic heterocycles. The number of thioether (sulfide) groups is 1. The highest BCUT2D eigenvalue weighted by Crippen LogP contribution is 2.24. The summed E-state index contributed by atoms with van der Waals surface area (Å²) >= 11 is 1.35. The molecule has 0 atom stereocenters. The molecule has 3 aromatic heterocycles. The molecule has 9 nitrogen and oxygen atoms in total. The van der Waals surface area contributed by atoms with Crippen LogP contribution in [0.15, 0.2) is 56.8 Å². The van der Waals surface area contributed by atoms with E-state index in [0.29, 0.717) is 28.4 Å². The van der Waals surface area contributed by atoms with E-state index in [4.69, 9.17) is 8.94 Å². The summed E-state index contributed by atoms with van der Waals surface area (Å²) in [7, 11) is 0. The first-order chi connectivity index (χ1) is 11.8. The van der Waals surface area contributed by atoms with E-state index in [2.05, 4.69) is 25.7 Å². The number of aromatic hydroxyl groups is 1. The first-order valence-electron chi connectivity index (χ1n) is 6.86. The Morgan fingerprint density at radius 1 is 1.17 bits per heavy atom. The third kappa shape index (κ3) is 2.86. The van der Waals surface area contributed by atoms with Crippen LogP contribution in [0, 0.1) is 0 Å². The normalized spacial score (nSPS) is 11.0. The molecule has 0 saturated heterocycles. The van der Waals surface area contributed by atoms with Gasteiger partial charge in [-0.2, -0.15) is 9.67 Å². The fourth-order valence-electron chi connectivity index (χ4n) is 1.97. The smallest absolute Gasteiger partial charge is 0.238 e. The van der Waals surface area contributed by atoms with Gasteiger partial charge in [0.25, 0.3) is 0 Å². The van der Waals surface area contributed by atoms with Gasteiger partial charge >= 0.3 is 0 Å². The number of phenols is 1. The van der Waals surface area contributed by atoms with Crippen molar-refractivity contribution in [3.8, 4) is 23.0 Å². The molecule has 0 aliphatic rings. The van der Waals surface area contributed by atoms with E-state index in [1.165, 1.54) is 11.8 Å². The van der Waals surface area contributed by atoms with Gasteiger partial charge in [-0.3, -0.25) is 0 Å². The topological polar surface area (TPSA) is 116 Å². The summed E-state index contributed by atoms with van der Waals surface area (Å²) in [6, 6.07) is 10.1. The number of tetrazole rings is 1. The van der Waals surface area contributed by atoms with Gasteiger partial charge < -0.3 is 14.0 Å². The van der Waals surface area contributed by atoms with E-state index in [1.807, 2.05) is 0 Å². The Morgan fingerprint density at radius 3 is 2.83 bits per heavy atom. The molecule has 0 aliphatic carbocycles. The van der Waals surface area contributed by atoms with Gasteiger partial charge in [0.2, 0.25) is 16.9 Å². The van der Waals surface area contributed by atoms with Crippen molar-refractivity contribution in [3.05, 3.63) is 48.6 Å². The first kappa shape index (κ1) is 14.5. The standard InChI is InChI=1S/C14H10N6O3S/c21-10-5-3-9(4-6-10)20-14(16-18-19-20)24-8-12-15-13(17-23-12)11-2-1-7-22-11/h1-7,21H,8H2. The maximum absolute atomic E-state index is 9.35. The number of aromatic nitrogens is 6. The number of benzene rings is 1. The van der Waals surface area contributed by atoms with Crippen molar-refractivity contribution in [2.75, 3.05) is 0 Å². The van der Waals surface area contributed by atoms with Crippen molar-refractivity contribution in [2.45, 2.75) is 10.9 Å². The molecule has 120 valence electrons. The molecule has 0 amide bonds. The molecule has 4 rings (SSSR count). The summed E-state index contributed by atoms with van der Waals surface area (Å²) in [6.45, 7) is 0. The summed E-state index contributed by atoms with van der Waals surface area (Å²) in [5.41, 5.74) is 0.738. The minimum absolute atomic E-state index is 0.178. The minimum Gasteiger partial charge on any atom is -0.508 e. The molecule has 0 radical (unpaired) electrons. The summed E-state index contributed by atoms with van der Waals surface area (Å²) in [6.07, 6.45) is 1.55. The summed E-state index contributed by atoms with van der Waals surface area (Å²) in [5, 5.41) is 25.4. The fraction of sp³-hybridized carbons (Fsp3) is 0.0714. The van der Waals surface area contributed by atoms with Crippen molar-refractivity contribution in [3.63, 3.8) is 0 Å². The molecule has 1 N–H and O–H groups in total. The van der Waals surface area contributed by atoms with Crippen molar-refractivity contribution < 1.29 is 14.0 Å². The lowest BCUT2D eigenvalue weighted by Crippen LogP contribution is -1.98. The van der Waals surface area contributed by atoms with Gasteiger partial charge in [0, 0.05) is 0 Å². The molecule has 1 aromatic carbocycles. The van der Waals surface area contributed by atoms with Crippen molar-refractivity contribution in [2.24, 2.45) is 0 Å². The third-order valence-corrected chi connectivity index (χ3v) is 3.97. The zero-order valence-electron chi connectivity index (χ0n) is 12.1. The van der Waals surface area contributed by atoms with Gasteiger partial charge in [0.05, 0.1) is 17.7 Å². The molecule has 0 fully saturated rings. The molecular formula is C14H10N6O3S. The van der Waals surface area contributed by atoms with Crippen LogP contribution in [0.1, 0.15) is 5.89 Å². The zero-order valence-corrected chi connectivity index (χ0v) is 12.9. The van der Waals surface area contributed by atoms with Crippen LogP contribution in [-0.2, 0) is 5.75 Å². The summed E-state index contributed by atoms with van der Waals surface area (Å²) < 4.78 is 12.0. The van der Waals surface area contributed by atoms with E-state index in [9.17, 15) is 5.11 Å². The van der Waals surface area contributed by atoms with Gasteiger partial charge in [-0.25, -0.2) is 0 Å². The Balaban J connectivity index is 1.49. The molecule has 10 heteroatoms. The van der Waals surface area contributed by atoms with Gasteiger partial charge in [-0.1, -0.05) is 16.9 Å². The average molecular weight is 342 g/mol. The number of phenolic OH excluding ortho intramolecular Hbond substituents is 1. The Bertz CT molecular complexity index is 932. The predicted molar refractivity (Wildman–Crippen MR) is 82.4 cm³/mol. The minimum atomic E-state index is 0.178. The number of hydrogen-bond donors (Lipinski definition) is 1. The average Bonchev–Trinajstić information content (AvgIpc) is 3.34. The van der Waals surface area contributed by atoms with Gasteiger partial charge in [-0.05, 0) is 46.8 Å². The van der Waals surface area contributed by atoms with Crippen molar-refractivity contribution >= 4 is 11.8 Å². The Hall–Kier alpha value is -3.14. The molecular weight excluding hydrogens is 332 g/mol. The van der Waals surface area contributed by atoms with Crippen molar-refractivity contribution in [1.29, 1.82) is 0 Å². The van der Waals surface area contributed by atoms with Gasteiger partial charge in [-0.15, -0.1) is 5.10 Å². The largest absolute Gasteiger partial charge is 0.508 e. The summed E-state index contributed by atoms with van der Waals surface area (Å²) in [4.78, 5) is 4.26. The molecule has 24 heavy (non-hydrogen) atoms. The fourth-order valence-corrected chi connectivity index (χ4v) is 2.70. The van der Waals surface area contributed by atoms with Crippen LogP contribution in [0.4, 0.5) is 0 Å². The van der Waals surface area contributed by atoms with Crippen LogP contribution in [-0.4, -0.2) is 35.5 Å². The van der Waals surface area contributed by atoms with Crippen molar-refractivity contribution in [1.82, 2.24) is 30.3 Å². The van der Waals surface area contributed by atoms with Crippen LogP contribution in [0.2, 0.25) is 0 Å². The SMILES string of the molecule is Oc1ccc(-n2nnnc2SCc2nc(-c3ccco3)no2)cc1. The lowest BCUT2D eigenvalue weighted by molar-refractivity contribution is 0.390. The molecule has 4 aromatic rings. The highest BCUT2D eigenvalue weighted by molar-refractivity contribution is 7.98. The highest BCUT2D eigenvalue weighted by atomic mass is 32.2. The molecule has 0 bridgehead atoms. The van der Waals surface area contributed by atoms with Crippen LogP contribution in [0.5, 0.6) is 5.75 Å². The van der Waals surface area contributed by atoms with E-state index in [-0.39, 0.29) is 5.75 Å². The van der Waals surface area contributed by atoms with Crippen LogP contribution < -0.4 is 0 Å². The third-order valence-electron chi connectivity index (χ3n) is 3.07. The second-order valence-electron chi connectivity index (χ2n) is 4.67. The number of rotatable bonds is 5. The number of nitrogens with zero attached hydrogens (tertiary/aromatic N) is 6. The van der Waals surface area contributed by atoms with E-state index in [0.717, 1.165) is 5.69 Å². The Kier molecular flexibility index (Phi) is 3.71. The Labute approximate surface area is 139 Å². The molecule has 0 saturated carbocycles. The summed E-state index contributed by atoms with van der Waals surface area (Å²) in [5.74, 6) is 1.97. The molecule has 3 heterocycles.